The van der Waals surface area contributed by atoms with E-state index >= 15 is 0 Å². The molecule has 5 N–H and O–H groups in total. The van der Waals surface area contributed by atoms with Crippen molar-refractivity contribution in [2.75, 3.05) is 5.73 Å². The third kappa shape index (κ3) is 2.53. The van der Waals surface area contributed by atoms with E-state index in [9.17, 15) is 20.1 Å². The van der Waals surface area contributed by atoms with Crippen molar-refractivity contribution in [1.82, 2.24) is 9.55 Å². The quantitative estimate of drug-likeness (QED) is 0.550. The predicted molar refractivity (Wildman–Crippen MR) is 74.5 cm³/mol. The van der Waals surface area contributed by atoms with Gasteiger partial charge in [0.15, 0.2) is 6.23 Å². The average molecular weight is 297 g/mol. The molecule has 2 rings (SSSR count). The van der Waals surface area contributed by atoms with Crippen LogP contribution in [0.5, 0.6) is 0 Å². The molecule has 8 heteroatoms. The molecule has 116 valence electrons. The maximum absolute atomic E-state index is 11.9. The largest absolute Gasteiger partial charge is 0.510 e. The Hall–Kier alpha value is -1.90. The molecule has 0 aromatic carbocycles. The van der Waals surface area contributed by atoms with Crippen LogP contribution in [-0.2, 0) is 4.74 Å². The highest BCUT2D eigenvalue weighted by Crippen LogP contribution is 2.39. The molecule has 0 bridgehead atoms. The zero-order chi connectivity index (χ0) is 15.9. The van der Waals surface area contributed by atoms with Gasteiger partial charge in [0, 0.05) is 6.20 Å². The Bertz CT molecular complexity index is 633. The maximum Gasteiger partial charge on any atom is 0.351 e. The first kappa shape index (κ1) is 15.5. The van der Waals surface area contributed by atoms with Gasteiger partial charge in [-0.05, 0) is 32.4 Å². The first-order valence-corrected chi connectivity index (χ1v) is 6.43. The van der Waals surface area contributed by atoms with Crippen LogP contribution >= 0.6 is 0 Å². The lowest BCUT2D eigenvalue weighted by atomic mass is 9.94. The van der Waals surface area contributed by atoms with Crippen molar-refractivity contribution in [3.8, 4) is 0 Å². The molecule has 0 aliphatic carbocycles. The Balaban J connectivity index is 2.46. The molecule has 0 spiro atoms. The van der Waals surface area contributed by atoms with Gasteiger partial charge in [-0.1, -0.05) is 0 Å². The molecule has 1 aliphatic rings. The van der Waals surface area contributed by atoms with Crippen LogP contribution in [0.4, 0.5) is 5.82 Å². The monoisotopic (exact) mass is 297 g/mol. The van der Waals surface area contributed by atoms with Crippen molar-refractivity contribution in [1.29, 1.82) is 0 Å². The topological polar surface area (TPSA) is 131 Å². The number of allylic oxidation sites excluding steroid dienone is 1. The van der Waals surface area contributed by atoms with Crippen molar-refractivity contribution in [3.63, 3.8) is 0 Å². The summed E-state index contributed by atoms with van der Waals surface area (Å²) in [4.78, 5) is 15.4. The second kappa shape index (κ2) is 5.14. The van der Waals surface area contributed by atoms with Crippen LogP contribution in [0.25, 0.3) is 0 Å². The second-order valence-electron chi connectivity index (χ2n) is 5.51. The van der Waals surface area contributed by atoms with Gasteiger partial charge in [0.2, 0.25) is 0 Å². The number of rotatable bonds is 2. The smallest absolute Gasteiger partial charge is 0.351 e. The maximum atomic E-state index is 11.9. The summed E-state index contributed by atoms with van der Waals surface area (Å²) in [6.45, 7) is 4.61. The minimum absolute atomic E-state index is 0.0399. The number of aliphatic hydroxyl groups excluding tert-OH is 2. The fourth-order valence-corrected chi connectivity index (χ4v) is 2.25. The number of aliphatic hydroxyl groups is 3. The van der Waals surface area contributed by atoms with Gasteiger partial charge in [0.25, 0.3) is 0 Å². The van der Waals surface area contributed by atoms with Gasteiger partial charge in [-0.15, -0.1) is 0 Å². The molecular weight excluding hydrogens is 278 g/mol. The number of nitrogens with zero attached hydrogens (tertiary/aromatic N) is 2. The molecular formula is C13H19N3O5. The zero-order valence-corrected chi connectivity index (χ0v) is 12.0. The highest BCUT2D eigenvalue weighted by Gasteiger charge is 2.54. The summed E-state index contributed by atoms with van der Waals surface area (Å²) in [5.41, 5.74) is 3.45. The molecule has 0 saturated carbocycles. The van der Waals surface area contributed by atoms with Crippen LogP contribution in [0.3, 0.4) is 0 Å². The lowest BCUT2D eigenvalue weighted by Crippen LogP contribution is -2.46. The summed E-state index contributed by atoms with van der Waals surface area (Å²) in [7, 11) is 0. The van der Waals surface area contributed by atoms with Gasteiger partial charge in [-0.2, -0.15) is 4.98 Å². The van der Waals surface area contributed by atoms with Crippen molar-refractivity contribution in [3.05, 3.63) is 34.1 Å². The van der Waals surface area contributed by atoms with E-state index in [1.807, 2.05) is 0 Å². The lowest BCUT2D eigenvalue weighted by Gasteiger charge is -2.27. The summed E-state index contributed by atoms with van der Waals surface area (Å²) in [5, 5.41) is 30.6. The number of hydrogen-bond donors (Lipinski definition) is 4. The average Bonchev–Trinajstić information content (AvgIpc) is 2.61. The van der Waals surface area contributed by atoms with Crippen molar-refractivity contribution >= 4 is 5.82 Å². The lowest BCUT2D eigenvalue weighted by molar-refractivity contribution is -0.0973. The van der Waals surface area contributed by atoms with Crippen molar-refractivity contribution in [2.24, 2.45) is 0 Å². The Morgan fingerprint density at radius 1 is 1.52 bits per heavy atom. The molecule has 8 nitrogen and oxygen atoms in total. The van der Waals surface area contributed by atoms with Crippen LogP contribution in [0.15, 0.2) is 28.4 Å². The van der Waals surface area contributed by atoms with Crippen LogP contribution in [-0.4, -0.2) is 42.7 Å². The van der Waals surface area contributed by atoms with Crippen LogP contribution in [0, 0.1) is 0 Å². The van der Waals surface area contributed by atoms with E-state index in [0.29, 0.717) is 5.57 Å². The molecule has 21 heavy (non-hydrogen) atoms. The molecule has 1 fully saturated rings. The number of ether oxygens (including phenoxy) is 1. The van der Waals surface area contributed by atoms with Gasteiger partial charge in [-0.3, -0.25) is 4.57 Å². The summed E-state index contributed by atoms with van der Waals surface area (Å²) in [5.74, 6) is -0.139. The van der Waals surface area contributed by atoms with Crippen molar-refractivity contribution < 1.29 is 20.1 Å². The van der Waals surface area contributed by atoms with E-state index in [1.165, 1.54) is 19.2 Å². The van der Waals surface area contributed by atoms with E-state index in [2.05, 4.69) is 4.98 Å². The summed E-state index contributed by atoms with van der Waals surface area (Å²) < 4.78 is 6.52. The number of nitrogens with two attached hydrogens (primary N) is 1. The van der Waals surface area contributed by atoms with E-state index in [4.69, 9.17) is 10.5 Å². The first-order valence-electron chi connectivity index (χ1n) is 6.43. The molecule has 4 atom stereocenters. The van der Waals surface area contributed by atoms with Crippen molar-refractivity contribution in [2.45, 2.75) is 44.8 Å². The second-order valence-corrected chi connectivity index (χ2v) is 5.51. The van der Waals surface area contributed by atoms with Crippen LogP contribution in [0.2, 0.25) is 0 Å². The molecule has 1 saturated heterocycles. The SMILES string of the molecule is CC(C)=C(O)[C@H]1O[C@@H](n2ccc(N)nc2=O)[C@](C)(O)[C@@H]1O. The molecule has 1 aromatic heterocycles. The first-order chi connectivity index (χ1) is 9.66. The van der Waals surface area contributed by atoms with Crippen LogP contribution < -0.4 is 11.4 Å². The summed E-state index contributed by atoms with van der Waals surface area (Å²) in [6.07, 6.45) is -2.40. The zero-order valence-electron chi connectivity index (χ0n) is 12.0. The van der Waals surface area contributed by atoms with Crippen LogP contribution in [0.1, 0.15) is 27.0 Å². The molecule has 1 aromatic rings. The minimum Gasteiger partial charge on any atom is -0.510 e. The fourth-order valence-electron chi connectivity index (χ4n) is 2.25. The number of nitrogen functional groups attached to an aromatic ring is 1. The standard InChI is InChI=1S/C13H19N3O5/c1-6(2)8(17)9-10(18)13(3,20)11(21-9)16-5-4-7(14)15-12(16)19/h4-5,9-11,17-18,20H,1-3H3,(H2,14,15,19)/t9-,10-,11-,13-/m1/s1. The van der Waals surface area contributed by atoms with E-state index in [1.54, 1.807) is 13.8 Å². The van der Waals surface area contributed by atoms with E-state index < -0.39 is 29.7 Å². The molecule has 0 unspecified atom stereocenters. The molecule has 1 aliphatic heterocycles. The number of anilines is 1. The predicted octanol–water partition coefficient (Wildman–Crippen LogP) is -0.313. The normalized spacial score (nSPS) is 32.1. The Kier molecular flexibility index (Phi) is 3.79. The third-order valence-corrected chi connectivity index (χ3v) is 3.55. The molecule has 2 heterocycles. The third-order valence-electron chi connectivity index (χ3n) is 3.55. The van der Waals surface area contributed by atoms with E-state index in [-0.39, 0.29) is 11.6 Å². The van der Waals surface area contributed by atoms with Gasteiger partial charge < -0.3 is 25.8 Å². The van der Waals surface area contributed by atoms with Gasteiger partial charge in [-0.25, -0.2) is 4.79 Å². The van der Waals surface area contributed by atoms with E-state index in [0.717, 1.165) is 4.57 Å². The summed E-state index contributed by atoms with van der Waals surface area (Å²) >= 11 is 0. The number of hydrogen-bond acceptors (Lipinski definition) is 7. The Labute approximate surface area is 121 Å². The number of aromatic nitrogens is 2. The van der Waals surface area contributed by atoms with Gasteiger partial charge in [0.1, 0.15) is 29.4 Å². The van der Waals surface area contributed by atoms with Gasteiger partial charge in [0.05, 0.1) is 0 Å². The Morgan fingerprint density at radius 2 is 2.14 bits per heavy atom. The fraction of sp³-hybridized carbons (Fsp3) is 0.538. The highest BCUT2D eigenvalue weighted by molar-refractivity contribution is 5.24. The Morgan fingerprint density at radius 3 is 2.67 bits per heavy atom. The molecule has 0 radical (unpaired) electrons. The summed E-state index contributed by atoms with van der Waals surface area (Å²) in [6, 6.07) is 1.38. The van der Waals surface area contributed by atoms with Gasteiger partial charge >= 0.3 is 5.69 Å². The molecule has 0 amide bonds. The highest BCUT2D eigenvalue weighted by atomic mass is 16.6. The minimum atomic E-state index is -1.78.